The van der Waals surface area contributed by atoms with Gasteiger partial charge in [-0.2, -0.15) is 18.3 Å². The Labute approximate surface area is 178 Å². The van der Waals surface area contributed by atoms with E-state index in [9.17, 15) is 18.0 Å². The van der Waals surface area contributed by atoms with Gasteiger partial charge in [0.2, 0.25) is 5.91 Å². The Morgan fingerprint density at radius 1 is 1.37 bits per heavy atom. The number of carbonyl (C=O) groups excluding carboxylic acids is 1. The number of nitrogens with zero attached hydrogens (tertiary/aromatic N) is 3. The lowest BCUT2D eigenvalue weighted by Gasteiger charge is -2.41. The summed E-state index contributed by atoms with van der Waals surface area (Å²) in [4.78, 5) is 15.9. The highest BCUT2D eigenvalue weighted by molar-refractivity contribution is 7.09. The SMILES string of the molecule is Cc1cc2n(n1)[C@@H](C(F)(F)F)C[C@@H](C1CCN(C(=O)[C@@H](C)Cc3cccs3)CC1)N2. The molecule has 2 aromatic heterocycles. The molecule has 3 atom stereocenters. The van der Waals surface area contributed by atoms with Gasteiger partial charge in [-0.05, 0) is 50.0 Å². The molecule has 0 spiro atoms. The number of halogens is 3. The molecule has 5 nitrogen and oxygen atoms in total. The minimum atomic E-state index is -4.33. The van der Waals surface area contributed by atoms with Gasteiger partial charge in [-0.25, -0.2) is 4.68 Å². The Balaban J connectivity index is 1.37. The number of hydrogen-bond acceptors (Lipinski definition) is 4. The Kier molecular flexibility index (Phi) is 5.83. The van der Waals surface area contributed by atoms with Crippen molar-refractivity contribution in [3.8, 4) is 0 Å². The predicted octanol–water partition coefficient (Wildman–Crippen LogP) is 4.66. The number of amides is 1. The van der Waals surface area contributed by atoms with E-state index in [1.54, 1.807) is 24.3 Å². The van der Waals surface area contributed by atoms with Crippen molar-refractivity contribution in [1.82, 2.24) is 14.7 Å². The minimum Gasteiger partial charge on any atom is -0.367 e. The fourth-order valence-corrected chi connectivity index (χ4v) is 5.52. The van der Waals surface area contributed by atoms with Crippen molar-refractivity contribution in [2.45, 2.75) is 57.8 Å². The summed E-state index contributed by atoms with van der Waals surface area (Å²) >= 11 is 1.65. The maximum atomic E-state index is 13.6. The van der Waals surface area contributed by atoms with Crippen LogP contribution in [0.3, 0.4) is 0 Å². The maximum absolute atomic E-state index is 13.6. The van der Waals surface area contributed by atoms with Crippen molar-refractivity contribution in [1.29, 1.82) is 0 Å². The summed E-state index contributed by atoms with van der Waals surface area (Å²) < 4.78 is 42.0. The number of carbonyl (C=O) groups is 1. The van der Waals surface area contributed by atoms with Crippen LogP contribution in [0.25, 0.3) is 0 Å². The number of alkyl halides is 3. The highest BCUT2D eigenvalue weighted by Crippen LogP contribution is 2.42. The number of piperidine rings is 1. The molecule has 0 saturated carbocycles. The van der Waals surface area contributed by atoms with Crippen LogP contribution in [0.5, 0.6) is 0 Å². The normalized spacial score (nSPS) is 23.7. The largest absolute Gasteiger partial charge is 0.410 e. The lowest BCUT2D eigenvalue weighted by atomic mass is 9.84. The molecule has 0 radical (unpaired) electrons. The van der Waals surface area contributed by atoms with Crippen molar-refractivity contribution in [2.75, 3.05) is 18.4 Å². The summed E-state index contributed by atoms with van der Waals surface area (Å²) in [5.74, 6) is 0.602. The van der Waals surface area contributed by atoms with E-state index in [0.29, 0.717) is 37.4 Å². The first-order valence-electron chi connectivity index (χ1n) is 10.4. The molecule has 2 aliphatic heterocycles. The molecule has 30 heavy (non-hydrogen) atoms. The van der Waals surface area contributed by atoms with Crippen molar-refractivity contribution >= 4 is 23.1 Å². The summed E-state index contributed by atoms with van der Waals surface area (Å²) in [6, 6.07) is 3.84. The summed E-state index contributed by atoms with van der Waals surface area (Å²) in [6.45, 7) is 4.86. The van der Waals surface area contributed by atoms with Gasteiger partial charge in [-0.15, -0.1) is 11.3 Å². The van der Waals surface area contributed by atoms with Gasteiger partial charge in [0.1, 0.15) is 5.82 Å². The lowest BCUT2D eigenvalue weighted by Crippen LogP contribution is -2.48. The summed E-state index contributed by atoms with van der Waals surface area (Å²) in [6.07, 6.45) is -2.19. The molecule has 4 rings (SSSR count). The minimum absolute atomic E-state index is 0.0228. The van der Waals surface area contributed by atoms with Crippen molar-refractivity contribution in [2.24, 2.45) is 11.8 Å². The van der Waals surface area contributed by atoms with Crippen molar-refractivity contribution < 1.29 is 18.0 Å². The number of hydrogen-bond donors (Lipinski definition) is 1. The molecule has 0 bridgehead atoms. The number of fused-ring (bicyclic) bond motifs is 1. The second-order valence-electron chi connectivity index (χ2n) is 8.51. The van der Waals surface area contributed by atoms with Gasteiger partial charge in [0.15, 0.2) is 6.04 Å². The smallest absolute Gasteiger partial charge is 0.367 e. The molecule has 1 N–H and O–H groups in total. The molecule has 4 heterocycles. The van der Waals surface area contributed by atoms with Gasteiger partial charge in [-0.3, -0.25) is 4.79 Å². The van der Waals surface area contributed by atoms with Gasteiger partial charge in [0, 0.05) is 36.0 Å². The second-order valence-corrected chi connectivity index (χ2v) is 9.54. The highest BCUT2D eigenvalue weighted by atomic mass is 32.1. The lowest BCUT2D eigenvalue weighted by molar-refractivity contribution is -0.174. The summed E-state index contributed by atoms with van der Waals surface area (Å²) in [5.41, 5.74) is 0.576. The zero-order valence-corrected chi connectivity index (χ0v) is 18.0. The molecule has 1 saturated heterocycles. The van der Waals surface area contributed by atoms with Gasteiger partial charge >= 0.3 is 6.18 Å². The van der Waals surface area contributed by atoms with Crippen molar-refractivity contribution in [3.05, 3.63) is 34.2 Å². The third kappa shape index (κ3) is 4.36. The molecule has 0 unspecified atom stereocenters. The molecule has 164 valence electrons. The second kappa shape index (κ2) is 8.24. The quantitative estimate of drug-likeness (QED) is 0.753. The topological polar surface area (TPSA) is 50.2 Å². The van der Waals surface area contributed by atoms with Crippen LogP contribution in [0, 0.1) is 18.8 Å². The van der Waals surface area contributed by atoms with E-state index in [1.165, 1.54) is 4.88 Å². The number of aromatic nitrogens is 2. The van der Waals surface area contributed by atoms with Crippen LogP contribution in [0.1, 0.15) is 42.8 Å². The molecule has 2 aromatic rings. The number of anilines is 1. The predicted molar refractivity (Wildman–Crippen MR) is 111 cm³/mol. The Hall–Kier alpha value is -2.03. The third-order valence-electron chi connectivity index (χ3n) is 6.27. The van der Waals surface area contributed by atoms with Gasteiger partial charge in [0.25, 0.3) is 0 Å². The first-order chi connectivity index (χ1) is 14.2. The number of thiophene rings is 1. The molecule has 0 aromatic carbocycles. The van der Waals surface area contributed by atoms with E-state index in [0.717, 1.165) is 11.1 Å². The molecule has 1 fully saturated rings. The number of aryl methyl sites for hydroxylation is 1. The number of likely N-dealkylation sites (tertiary alicyclic amines) is 1. The zero-order chi connectivity index (χ0) is 21.5. The van der Waals surface area contributed by atoms with E-state index in [4.69, 9.17) is 0 Å². The Morgan fingerprint density at radius 2 is 2.10 bits per heavy atom. The van der Waals surface area contributed by atoms with Crippen LogP contribution in [0.4, 0.5) is 19.0 Å². The van der Waals surface area contributed by atoms with Crippen LogP contribution in [0.15, 0.2) is 23.6 Å². The molecule has 9 heteroatoms. The van der Waals surface area contributed by atoms with Gasteiger partial charge in [-0.1, -0.05) is 13.0 Å². The molecule has 0 aliphatic carbocycles. The van der Waals surface area contributed by atoms with E-state index >= 15 is 0 Å². The standard InChI is InChI=1S/C21H27F3N4OS/c1-13(10-16-4-3-9-30-16)20(29)27-7-5-15(6-8-27)17-12-18(21(22,23)24)28-19(25-17)11-14(2)26-28/h3-4,9,11,13,15,17-18,25H,5-8,10,12H2,1-2H3/t13-,17-,18+/m0/s1. The van der Waals surface area contributed by atoms with E-state index < -0.39 is 12.2 Å². The van der Waals surface area contributed by atoms with Crippen LogP contribution in [-0.2, 0) is 11.2 Å². The molecule has 2 aliphatic rings. The average molecular weight is 441 g/mol. The fourth-order valence-electron chi connectivity index (χ4n) is 4.69. The first-order valence-corrected chi connectivity index (χ1v) is 11.3. The summed E-state index contributed by atoms with van der Waals surface area (Å²) in [7, 11) is 0. The number of rotatable bonds is 4. The maximum Gasteiger partial charge on any atom is 0.410 e. The van der Waals surface area contributed by atoms with E-state index in [1.807, 2.05) is 29.3 Å². The molecular weight excluding hydrogens is 413 g/mol. The van der Waals surface area contributed by atoms with Gasteiger partial charge in [0.05, 0.1) is 5.69 Å². The van der Waals surface area contributed by atoms with E-state index in [2.05, 4.69) is 10.4 Å². The summed E-state index contributed by atoms with van der Waals surface area (Å²) in [5, 5.41) is 9.34. The van der Waals surface area contributed by atoms with Crippen LogP contribution in [0.2, 0.25) is 0 Å². The van der Waals surface area contributed by atoms with Crippen molar-refractivity contribution in [3.63, 3.8) is 0 Å². The Morgan fingerprint density at radius 3 is 2.73 bits per heavy atom. The monoisotopic (exact) mass is 440 g/mol. The Bertz CT molecular complexity index is 871. The average Bonchev–Trinajstić information content (AvgIpc) is 3.34. The third-order valence-corrected chi connectivity index (χ3v) is 7.17. The van der Waals surface area contributed by atoms with Gasteiger partial charge < -0.3 is 10.2 Å². The van der Waals surface area contributed by atoms with Crippen LogP contribution >= 0.6 is 11.3 Å². The van der Waals surface area contributed by atoms with E-state index in [-0.39, 0.29) is 30.2 Å². The zero-order valence-electron chi connectivity index (χ0n) is 17.2. The molecule has 1 amide bonds. The highest BCUT2D eigenvalue weighted by Gasteiger charge is 2.47. The molecular formula is C21H27F3N4OS. The number of nitrogens with one attached hydrogen (secondary N) is 1. The van der Waals surface area contributed by atoms with Crippen LogP contribution in [-0.4, -0.2) is 45.9 Å². The first kappa shape index (κ1) is 21.2. The fraction of sp³-hybridized carbons (Fsp3) is 0.619. The van der Waals surface area contributed by atoms with Crippen LogP contribution < -0.4 is 5.32 Å².